The zero-order chi connectivity index (χ0) is 13.9. The van der Waals surface area contributed by atoms with Crippen molar-refractivity contribution in [3.05, 3.63) is 28.2 Å². The predicted octanol–water partition coefficient (Wildman–Crippen LogP) is 2.27. The lowest BCUT2D eigenvalue weighted by Gasteiger charge is -2.11. The van der Waals surface area contributed by atoms with Crippen molar-refractivity contribution in [2.24, 2.45) is 5.92 Å². The average molecular weight is 323 g/mol. The molecule has 4 nitrogen and oxygen atoms in total. The molecule has 2 N–H and O–H groups in total. The van der Waals surface area contributed by atoms with Crippen molar-refractivity contribution in [2.75, 3.05) is 19.6 Å². The topological polar surface area (TPSA) is 58.2 Å². The molecule has 0 bridgehead atoms. The first-order valence-corrected chi connectivity index (χ1v) is 8.39. The van der Waals surface area contributed by atoms with E-state index in [9.17, 15) is 8.42 Å². The molecule has 0 saturated carbocycles. The second-order valence-corrected chi connectivity index (χ2v) is 7.12. The Kier molecular flexibility index (Phi) is 5.09. The third-order valence-corrected chi connectivity index (χ3v) is 5.65. The van der Waals surface area contributed by atoms with Crippen LogP contribution in [0.4, 0.5) is 0 Å². The number of nitrogens with one attached hydrogen (secondary N) is 2. The Hall–Kier alpha value is -0.330. The van der Waals surface area contributed by atoms with Gasteiger partial charge in [-0.3, -0.25) is 0 Å². The summed E-state index contributed by atoms with van der Waals surface area (Å²) in [7, 11) is -3.59. The lowest BCUT2D eigenvalue weighted by molar-refractivity contribution is 0.519. The summed E-state index contributed by atoms with van der Waals surface area (Å²) in [6.07, 6.45) is 1.92. The standard InChI is InChI=1S/C12H16Cl2N2O2S/c13-10-2-1-3-11(12(10)14)19(17,18)16-7-5-9-4-6-15-8-9/h1-3,9,15-16H,4-8H2/t9-/m1/s1. The summed E-state index contributed by atoms with van der Waals surface area (Å²) in [4.78, 5) is 0.0335. The molecule has 0 aliphatic carbocycles. The van der Waals surface area contributed by atoms with E-state index in [1.807, 2.05) is 0 Å². The molecule has 1 saturated heterocycles. The van der Waals surface area contributed by atoms with Crippen molar-refractivity contribution in [3.63, 3.8) is 0 Å². The maximum Gasteiger partial charge on any atom is 0.242 e. The van der Waals surface area contributed by atoms with E-state index in [-0.39, 0.29) is 14.9 Å². The lowest BCUT2D eigenvalue weighted by atomic mass is 10.1. The van der Waals surface area contributed by atoms with E-state index >= 15 is 0 Å². The number of sulfonamides is 1. The van der Waals surface area contributed by atoms with Crippen LogP contribution in [0.25, 0.3) is 0 Å². The van der Waals surface area contributed by atoms with Gasteiger partial charge in [0.05, 0.1) is 10.0 Å². The van der Waals surface area contributed by atoms with Crippen molar-refractivity contribution < 1.29 is 8.42 Å². The summed E-state index contributed by atoms with van der Waals surface area (Å²) >= 11 is 11.7. The number of halogens is 2. The van der Waals surface area contributed by atoms with Gasteiger partial charge in [-0.05, 0) is 44.0 Å². The molecule has 1 heterocycles. The van der Waals surface area contributed by atoms with E-state index in [1.54, 1.807) is 12.1 Å². The summed E-state index contributed by atoms with van der Waals surface area (Å²) < 4.78 is 26.8. The molecule has 1 aromatic carbocycles. The second-order valence-electron chi connectivity index (χ2n) is 4.60. The normalized spacial score (nSPS) is 19.8. The maximum absolute atomic E-state index is 12.1. The van der Waals surface area contributed by atoms with Gasteiger partial charge < -0.3 is 5.32 Å². The maximum atomic E-state index is 12.1. The minimum Gasteiger partial charge on any atom is -0.316 e. The molecule has 0 aromatic heterocycles. The Labute approximate surface area is 123 Å². The van der Waals surface area contributed by atoms with Crippen LogP contribution in [-0.2, 0) is 10.0 Å². The molecule has 0 spiro atoms. The fraction of sp³-hybridized carbons (Fsp3) is 0.500. The van der Waals surface area contributed by atoms with Crippen LogP contribution >= 0.6 is 23.2 Å². The van der Waals surface area contributed by atoms with Crippen LogP contribution in [0.15, 0.2) is 23.1 Å². The van der Waals surface area contributed by atoms with Crippen molar-refractivity contribution in [1.82, 2.24) is 10.0 Å². The summed E-state index contributed by atoms with van der Waals surface area (Å²) in [5, 5.41) is 3.56. The van der Waals surface area contributed by atoms with Crippen molar-refractivity contribution in [2.45, 2.75) is 17.7 Å². The number of rotatable bonds is 5. The molecule has 19 heavy (non-hydrogen) atoms. The second kappa shape index (κ2) is 6.41. The number of benzene rings is 1. The molecule has 0 unspecified atom stereocenters. The van der Waals surface area contributed by atoms with Crippen molar-refractivity contribution >= 4 is 33.2 Å². The number of hydrogen-bond acceptors (Lipinski definition) is 3. The summed E-state index contributed by atoms with van der Waals surface area (Å²) in [6, 6.07) is 4.59. The molecular formula is C12H16Cl2N2O2S. The van der Waals surface area contributed by atoms with E-state index in [0.29, 0.717) is 12.5 Å². The van der Waals surface area contributed by atoms with Crippen LogP contribution in [0.1, 0.15) is 12.8 Å². The quantitative estimate of drug-likeness (QED) is 0.874. The molecule has 0 radical (unpaired) electrons. The van der Waals surface area contributed by atoms with Crippen LogP contribution in [0.2, 0.25) is 10.0 Å². The van der Waals surface area contributed by atoms with E-state index in [1.165, 1.54) is 6.07 Å². The smallest absolute Gasteiger partial charge is 0.242 e. The fourth-order valence-corrected chi connectivity index (χ4v) is 3.93. The molecule has 2 rings (SSSR count). The van der Waals surface area contributed by atoms with Gasteiger partial charge in [0.25, 0.3) is 0 Å². The van der Waals surface area contributed by atoms with Crippen LogP contribution in [0, 0.1) is 5.92 Å². The number of hydrogen-bond donors (Lipinski definition) is 2. The molecule has 1 aromatic rings. The first-order valence-electron chi connectivity index (χ1n) is 6.15. The molecule has 106 valence electrons. The van der Waals surface area contributed by atoms with Gasteiger partial charge in [-0.1, -0.05) is 29.3 Å². The third kappa shape index (κ3) is 3.83. The SMILES string of the molecule is O=S(=O)(NCC[C@H]1CCNC1)c1cccc(Cl)c1Cl. The minimum atomic E-state index is -3.59. The molecule has 7 heteroatoms. The monoisotopic (exact) mass is 322 g/mol. The zero-order valence-electron chi connectivity index (χ0n) is 10.3. The van der Waals surface area contributed by atoms with E-state index in [2.05, 4.69) is 10.0 Å². The average Bonchev–Trinajstić information content (AvgIpc) is 2.85. The first kappa shape index (κ1) is 15.1. The van der Waals surface area contributed by atoms with Gasteiger partial charge in [0.1, 0.15) is 4.90 Å². The van der Waals surface area contributed by atoms with Gasteiger partial charge in [-0.15, -0.1) is 0 Å². The summed E-state index contributed by atoms with van der Waals surface area (Å²) in [5.74, 6) is 0.539. The van der Waals surface area contributed by atoms with Crippen LogP contribution in [0.5, 0.6) is 0 Å². The Morgan fingerprint density at radius 2 is 2.16 bits per heavy atom. The highest BCUT2D eigenvalue weighted by Crippen LogP contribution is 2.28. The van der Waals surface area contributed by atoms with E-state index < -0.39 is 10.0 Å². The van der Waals surface area contributed by atoms with Gasteiger partial charge in [-0.25, -0.2) is 13.1 Å². The van der Waals surface area contributed by atoms with E-state index in [0.717, 1.165) is 25.9 Å². The minimum absolute atomic E-state index is 0.0335. The van der Waals surface area contributed by atoms with Crippen LogP contribution < -0.4 is 10.0 Å². The van der Waals surface area contributed by atoms with Crippen LogP contribution in [0.3, 0.4) is 0 Å². The Bertz CT molecular complexity index is 543. The van der Waals surface area contributed by atoms with Gasteiger partial charge in [0.2, 0.25) is 10.0 Å². The largest absolute Gasteiger partial charge is 0.316 e. The van der Waals surface area contributed by atoms with Crippen molar-refractivity contribution in [1.29, 1.82) is 0 Å². The highest BCUT2D eigenvalue weighted by Gasteiger charge is 2.20. The van der Waals surface area contributed by atoms with Crippen molar-refractivity contribution in [3.8, 4) is 0 Å². The Balaban J connectivity index is 1.99. The molecule has 1 fully saturated rings. The molecule has 0 amide bonds. The first-order chi connectivity index (χ1) is 9.00. The highest BCUT2D eigenvalue weighted by molar-refractivity contribution is 7.89. The predicted molar refractivity (Wildman–Crippen MR) is 77.2 cm³/mol. The van der Waals surface area contributed by atoms with Crippen LogP contribution in [-0.4, -0.2) is 28.1 Å². The Morgan fingerprint density at radius 1 is 1.37 bits per heavy atom. The zero-order valence-corrected chi connectivity index (χ0v) is 12.7. The third-order valence-electron chi connectivity index (χ3n) is 3.21. The lowest BCUT2D eigenvalue weighted by Crippen LogP contribution is -2.27. The summed E-state index contributed by atoms with van der Waals surface area (Å²) in [5.41, 5.74) is 0. The van der Waals surface area contributed by atoms with Gasteiger partial charge in [-0.2, -0.15) is 0 Å². The van der Waals surface area contributed by atoms with Gasteiger partial charge in [0.15, 0.2) is 0 Å². The summed E-state index contributed by atoms with van der Waals surface area (Å²) in [6.45, 7) is 2.38. The van der Waals surface area contributed by atoms with Gasteiger partial charge >= 0.3 is 0 Å². The molecule has 1 atom stereocenters. The van der Waals surface area contributed by atoms with Gasteiger partial charge in [0, 0.05) is 6.54 Å². The molecule has 1 aliphatic heterocycles. The highest BCUT2D eigenvalue weighted by atomic mass is 35.5. The van der Waals surface area contributed by atoms with E-state index in [4.69, 9.17) is 23.2 Å². The molecular weight excluding hydrogens is 307 g/mol. The fourth-order valence-electron chi connectivity index (χ4n) is 2.13. The Morgan fingerprint density at radius 3 is 2.84 bits per heavy atom. The molecule has 1 aliphatic rings.